The van der Waals surface area contributed by atoms with Crippen LogP contribution in [-0.4, -0.2) is 48.6 Å². The maximum absolute atomic E-state index is 14.0. The van der Waals surface area contributed by atoms with E-state index in [0.29, 0.717) is 12.3 Å². The zero-order chi connectivity index (χ0) is 28.3. The topological polar surface area (TPSA) is 89.5 Å². The van der Waals surface area contributed by atoms with Crippen molar-refractivity contribution in [2.75, 3.05) is 19.1 Å². The average molecular weight is 556 g/mol. The molecule has 3 fully saturated rings. The molecule has 2 bridgehead atoms. The Bertz CT molecular complexity index is 1130. The largest absolute Gasteiger partial charge is 0.467 e. The van der Waals surface area contributed by atoms with E-state index in [2.05, 4.69) is 39.1 Å². The Morgan fingerprint density at radius 3 is 2.49 bits per heavy atom. The Labute approximate surface area is 237 Å². The summed E-state index contributed by atoms with van der Waals surface area (Å²) in [7, 11) is 1.37. The van der Waals surface area contributed by atoms with E-state index in [0.717, 1.165) is 44.3 Å². The number of hydrogen-bond donors (Lipinski definition) is 1. The van der Waals surface area contributed by atoms with Gasteiger partial charge in [0.25, 0.3) is 0 Å². The lowest BCUT2D eigenvalue weighted by atomic mass is 9.33. The Morgan fingerprint density at radius 1 is 1.10 bits per heavy atom. The predicted molar refractivity (Wildman–Crippen MR) is 153 cm³/mol. The van der Waals surface area contributed by atoms with Crippen LogP contribution in [0.2, 0.25) is 0 Å². The first-order valence-corrected chi connectivity index (χ1v) is 16.2. The minimum atomic E-state index is -0.643. The van der Waals surface area contributed by atoms with Gasteiger partial charge in [-0.3, -0.25) is 14.4 Å². The monoisotopic (exact) mass is 555 g/mol. The number of thioether (sulfide) groups is 1. The molecule has 0 aromatic rings. The van der Waals surface area contributed by atoms with E-state index in [9.17, 15) is 19.2 Å². The fourth-order valence-electron chi connectivity index (χ4n) is 10.0. The van der Waals surface area contributed by atoms with Crippen LogP contribution < -0.4 is 5.32 Å². The molecule has 1 N–H and O–H groups in total. The fraction of sp³-hybridized carbons (Fsp3) is 0.750. The number of allylic oxidation sites excluding steroid dienone is 4. The number of ketones is 2. The number of nitrogens with one attached hydrogen (secondary N) is 1. The second-order valence-electron chi connectivity index (χ2n) is 13.6. The SMILES string of the molecule is COC(=O)[C@H](CCSC)NC(=O)C1(C)CCCC2(C)C1CCC13C=C(C(C)C)C(CC21)C1C(=O)C=CC(=O)C13. The number of fused-ring (bicyclic) bond motifs is 1. The summed E-state index contributed by atoms with van der Waals surface area (Å²) < 4.78 is 5.02. The molecule has 1 spiro atoms. The first-order chi connectivity index (χ1) is 18.4. The Hall–Kier alpha value is -1.89. The van der Waals surface area contributed by atoms with E-state index < -0.39 is 17.4 Å². The quantitative estimate of drug-likeness (QED) is 0.345. The number of ether oxygens (including phenoxy) is 1. The standard InChI is InChI=1S/C32H45NO5S/c1-18(2)20-17-32-14-10-24-30(3,25(32)16-19(20)26-22(34)8-9-23(35)27(26)32)12-7-13-31(24,4)29(37)33-21(11-15-39-6)28(36)38-5/h8-9,17-19,21,24-27H,7,10-16H2,1-6H3,(H,33,37)/t19?,21-,24?,25?,26?,27?,30?,31?,32?/m0/s1. The van der Waals surface area contributed by atoms with Crippen LogP contribution in [0.25, 0.3) is 0 Å². The summed E-state index contributed by atoms with van der Waals surface area (Å²) in [6.07, 6.45) is 13.4. The Kier molecular flexibility index (Phi) is 7.48. The lowest BCUT2D eigenvalue weighted by Crippen LogP contribution is -2.67. The van der Waals surface area contributed by atoms with Gasteiger partial charge in [0.1, 0.15) is 6.04 Å². The summed E-state index contributed by atoms with van der Waals surface area (Å²) in [6.45, 7) is 8.89. The number of rotatable bonds is 7. The highest BCUT2D eigenvalue weighted by atomic mass is 32.2. The van der Waals surface area contributed by atoms with Gasteiger partial charge in [-0.1, -0.05) is 45.8 Å². The normalized spacial score (nSPS) is 41.3. The molecule has 214 valence electrons. The molecule has 39 heavy (non-hydrogen) atoms. The van der Waals surface area contributed by atoms with Crippen LogP contribution in [0.5, 0.6) is 0 Å². The van der Waals surface area contributed by atoms with Gasteiger partial charge in [0.2, 0.25) is 5.91 Å². The van der Waals surface area contributed by atoms with Crippen LogP contribution in [0.4, 0.5) is 0 Å². The molecule has 1 amide bonds. The first kappa shape index (κ1) is 28.6. The summed E-state index contributed by atoms with van der Waals surface area (Å²) >= 11 is 1.65. The minimum Gasteiger partial charge on any atom is -0.467 e. The van der Waals surface area contributed by atoms with E-state index in [4.69, 9.17) is 4.74 Å². The van der Waals surface area contributed by atoms with Gasteiger partial charge in [-0.2, -0.15) is 11.8 Å². The van der Waals surface area contributed by atoms with Gasteiger partial charge in [-0.15, -0.1) is 0 Å². The molecule has 8 unspecified atom stereocenters. The molecule has 9 atom stereocenters. The third-order valence-electron chi connectivity index (χ3n) is 11.6. The van der Waals surface area contributed by atoms with Gasteiger partial charge in [0.05, 0.1) is 7.11 Å². The van der Waals surface area contributed by atoms with Crippen LogP contribution >= 0.6 is 11.8 Å². The number of hydrogen-bond acceptors (Lipinski definition) is 6. The van der Waals surface area contributed by atoms with Crippen molar-refractivity contribution in [1.82, 2.24) is 5.32 Å². The highest BCUT2D eigenvalue weighted by Crippen LogP contribution is 2.73. The molecule has 6 aliphatic carbocycles. The smallest absolute Gasteiger partial charge is 0.328 e. The highest BCUT2D eigenvalue weighted by molar-refractivity contribution is 7.98. The molecule has 0 heterocycles. The average Bonchev–Trinajstić information content (AvgIpc) is 2.91. The number of carbonyl (C=O) groups is 4. The van der Waals surface area contributed by atoms with E-state index in [1.165, 1.54) is 24.8 Å². The van der Waals surface area contributed by atoms with Crippen LogP contribution in [-0.2, 0) is 23.9 Å². The van der Waals surface area contributed by atoms with E-state index in [1.807, 2.05) is 6.26 Å². The van der Waals surface area contributed by atoms with Crippen molar-refractivity contribution >= 4 is 35.2 Å². The van der Waals surface area contributed by atoms with Gasteiger partial charge in [-0.25, -0.2) is 4.79 Å². The van der Waals surface area contributed by atoms with Crippen LogP contribution in [0, 0.1) is 51.8 Å². The fourth-order valence-corrected chi connectivity index (χ4v) is 10.5. The van der Waals surface area contributed by atoms with Crippen molar-refractivity contribution in [3.05, 3.63) is 23.8 Å². The Morgan fingerprint density at radius 2 is 1.82 bits per heavy atom. The van der Waals surface area contributed by atoms with Crippen molar-refractivity contribution < 1.29 is 23.9 Å². The van der Waals surface area contributed by atoms with Crippen molar-refractivity contribution in [2.24, 2.45) is 51.8 Å². The van der Waals surface area contributed by atoms with Crippen molar-refractivity contribution in [3.63, 3.8) is 0 Å². The van der Waals surface area contributed by atoms with Crippen LogP contribution in [0.3, 0.4) is 0 Å². The number of methoxy groups -OCH3 is 1. The lowest BCUT2D eigenvalue weighted by Gasteiger charge is -2.69. The predicted octanol–water partition coefficient (Wildman–Crippen LogP) is 5.16. The van der Waals surface area contributed by atoms with Gasteiger partial charge >= 0.3 is 5.97 Å². The summed E-state index contributed by atoms with van der Waals surface area (Å²) in [5.74, 6) is 0.865. The molecule has 0 saturated heterocycles. The molecule has 0 aromatic heterocycles. The summed E-state index contributed by atoms with van der Waals surface area (Å²) in [6, 6.07) is -0.643. The maximum atomic E-state index is 14.0. The molecular formula is C32H45NO5S. The van der Waals surface area contributed by atoms with Gasteiger partial charge < -0.3 is 10.1 Å². The maximum Gasteiger partial charge on any atom is 0.328 e. The third kappa shape index (κ3) is 4.19. The van der Waals surface area contributed by atoms with Gasteiger partial charge in [0.15, 0.2) is 11.6 Å². The van der Waals surface area contributed by atoms with Crippen molar-refractivity contribution in [1.29, 1.82) is 0 Å². The number of carbonyl (C=O) groups excluding carboxylic acids is 4. The number of amides is 1. The zero-order valence-corrected chi connectivity index (χ0v) is 25.2. The summed E-state index contributed by atoms with van der Waals surface area (Å²) in [5, 5.41) is 3.10. The molecule has 0 radical (unpaired) electrons. The second kappa shape index (κ2) is 10.2. The Balaban J connectivity index is 1.51. The van der Waals surface area contributed by atoms with Crippen LogP contribution in [0.1, 0.15) is 72.6 Å². The lowest BCUT2D eigenvalue weighted by molar-refractivity contribution is -0.191. The third-order valence-corrected chi connectivity index (χ3v) is 12.3. The molecule has 7 heteroatoms. The second-order valence-corrected chi connectivity index (χ2v) is 14.6. The number of esters is 1. The van der Waals surface area contributed by atoms with E-state index in [1.54, 1.807) is 11.8 Å². The minimum absolute atomic E-state index is 0.0463. The molecule has 6 rings (SSSR count). The summed E-state index contributed by atoms with van der Waals surface area (Å²) in [5.41, 5.74) is 0.295. The molecule has 0 aliphatic heterocycles. The molecule has 3 saturated carbocycles. The molecule has 6 nitrogen and oxygen atoms in total. The highest BCUT2D eigenvalue weighted by Gasteiger charge is 2.70. The molecule has 6 aliphatic rings. The molecule has 0 aromatic carbocycles. The first-order valence-electron chi connectivity index (χ1n) is 14.8. The van der Waals surface area contributed by atoms with Gasteiger partial charge in [0, 0.05) is 22.7 Å². The summed E-state index contributed by atoms with van der Waals surface area (Å²) in [4.78, 5) is 53.3. The zero-order valence-electron chi connectivity index (χ0n) is 24.4. The van der Waals surface area contributed by atoms with Crippen LogP contribution in [0.15, 0.2) is 23.8 Å². The van der Waals surface area contributed by atoms with E-state index in [-0.39, 0.29) is 57.9 Å². The van der Waals surface area contributed by atoms with Gasteiger partial charge in [-0.05, 0) is 91.8 Å². The van der Waals surface area contributed by atoms with Crippen molar-refractivity contribution in [2.45, 2.75) is 78.7 Å². The van der Waals surface area contributed by atoms with Crippen molar-refractivity contribution in [3.8, 4) is 0 Å². The molecular weight excluding hydrogens is 510 g/mol. The van der Waals surface area contributed by atoms with E-state index >= 15 is 0 Å².